The van der Waals surface area contributed by atoms with E-state index >= 15 is 0 Å². The van der Waals surface area contributed by atoms with Gasteiger partial charge in [0.25, 0.3) is 5.91 Å². The first-order chi connectivity index (χ1) is 7.09. The minimum Gasteiger partial charge on any atom is -0.383 e. The first kappa shape index (κ1) is 10.1. The first-order valence-corrected chi connectivity index (χ1v) is 4.80. The Morgan fingerprint density at radius 2 is 2.00 bits per heavy atom. The Hall–Kier alpha value is -1.42. The summed E-state index contributed by atoms with van der Waals surface area (Å²) < 4.78 is 12.7. The Bertz CT molecular complexity index is 377. The lowest BCUT2D eigenvalue weighted by molar-refractivity contribution is -0.134. The molecule has 2 rings (SSSR count). The fourth-order valence-electron chi connectivity index (χ4n) is 1.90. The molecule has 1 aliphatic rings. The lowest BCUT2D eigenvalue weighted by Gasteiger charge is -2.19. The van der Waals surface area contributed by atoms with Gasteiger partial charge in [-0.1, -0.05) is 12.1 Å². The molecule has 1 aliphatic heterocycles. The predicted molar refractivity (Wildman–Crippen MR) is 52.5 cm³/mol. The zero-order valence-corrected chi connectivity index (χ0v) is 8.35. The minimum absolute atomic E-state index is 0.145. The Kier molecular flexibility index (Phi) is 2.44. The van der Waals surface area contributed by atoms with Crippen LogP contribution in [0.2, 0.25) is 0 Å². The molecule has 1 N–H and O–H groups in total. The maximum absolute atomic E-state index is 12.7. The third kappa shape index (κ3) is 1.72. The standard InChI is InChI=1S/C11H12FNO2/c1-13-9(6-10(14)11(13)15)7-2-4-8(12)5-3-7/h2-5,9-10,14H,6H2,1H3/t9-,10?/m1/s1. The zero-order chi connectivity index (χ0) is 11.0. The van der Waals surface area contributed by atoms with E-state index in [0.717, 1.165) is 5.56 Å². The van der Waals surface area contributed by atoms with Crippen LogP contribution in [0.4, 0.5) is 4.39 Å². The molecular formula is C11H12FNO2. The molecule has 1 aromatic rings. The molecular weight excluding hydrogens is 197 g/mol. The van der Waals surface area contributed by atoms with Crippen molar-refractivity contribution in [3.63, 3.8) is 0 Å². The predicted octanol–water partition coefficient (Wildman–Crippen LogP) is 1.09. The summed E-state index contributed by atoms with van der Waals surface area (Å²) in [4.78, 5) is 12.9. The van der Waals surface area contributed by atoms with Crippen LogP contribution in [0.5, 0.6) is 0 Å². The van der Waals surface area contributed by atoms with Gasteiger partial charge in [0.2, 0.25) is 0 Å². The molecule has 0 radical (unpaired) electrons. The van der Waals surface area contributed by atoms with Gasteiger partial charge < -0.3 is 10.0 Å². The summed E-state index contributed by atoms with van der Waals surface area (Å²) in [6, 6.07) is 5.86. The normalized spacial score (nSPS) is 26.1. The molecule has 0 spiro atoms. The lowest BCUT2D eigenvalue weighted by Crippen LogP contribution is -2.26. The van der Waals surface area contributed by atoms with Gasteiger partial charge in [-0.3, -0.25) is 4.79 Å². The number of rotatable bonds is 1. The van der Waals surface area contributed by atoms with Crippen LogP contribution < -0.4 is 0 Å². The van der Waals surface area contributed by atoms with Gasteiger partial charge in [-0.25, -0.2) is 4.39 Å². The number of likely N-dealkylation sites (N-methyl/N-ethyl adjacent to an activating group) is 1. The molecule has 3 nitrogen and oxygen atoms in total. The van der Waals surface area contributed by atoms with E-state index in [1.807, 2.05) is 0 Å². The number of benzene rings is 1. The second-order valence-electron chi connectivity index (χ2n) is 3.77. The number of amides is 1. The van der Waals surface area contributed by atoms with E-state index in [-0.39, 0.29) is 17.8 Å². The molecule has 80 valence electrons. The molecule has 1 fully saturated rings. The summed E-state index contributed by atoms with van der Waals surface area (Å²) in [6.07, 6.45) is -0.550. The topological polar surface area (TPSA) is 40.5 Å². The van der Waals surface area contributed by atoms with Crippen LogP contribution in [0.15, 0.2) is 24.3 Å². The van der Waals surface area contributed by atoms with Crippen molar-refractivity contribution in [3.8, 4) is 0 Å². The highest BCUT2D eigenvalue weighted by molar-refractivity contribution is 5.83. The van der Waals surface area contributed by atoms with Gasteiger partial charge in [0, 0.05) is 13.5 Å². The van der Waals surface area contributed by atoms with Crippen molar-refractivity contribution < 1.29 is 14.3 Å². The molecule has 0 aromatic heterocycles. The summed E-state index contributed by atoms with van der Waals surface area (Å²) in [5, 5.41) is 9.39. The quantitative estimate of drug-likeness (QED) is 0.752. The van der Waals surface area contributed by atoms with Crippen LogP contribution in [-0.2, 0) is 4.79 Å². The monoisotopic (exact) mass is 209 g/mol. The number of hydrogen-bond donors (Lipinski definition) is 1. The van der Waals surface area contributed by atoms with Crippen molar-refractivity contribution in [3.05, 3.63) is 35.6 Å². The molecule has 1 heterocycles. The highest BCUT2D eigenvalue weighted by Crippen LogP contribution is 2.31. The number of hydrogen-bond acceptors (Lipinski definition) is 2. The number of aliphatic hydroxyl groups is 1. The molecule has 1 saturated heterocycles. The van der Waals surface area contributed by atoms with Gasteiger partial charge >= 0.3 is 0 Å². The number of nitrogens with zero attached hydrogens (tertiary/aromatic N) is 1. The molecule has 0 bridgehead atoms. The summed E-state index contributed by atoms with van der Waals surface area (Å²) in [6.45, 7) is 0. The number of likely N-dealkylation sites (tertiary alicyclic amines) is 1. The van der Waals surface area contributed by atoms with Crippen molar-refractivity contribution in [2.45, 2.75) is 18.6 Å². The van der Waals surface area contributed by atoms with Gasteiger partial charge in [0.1, 0.15) is 11.9 Å². The third-order valence-electron chi connectivity index (χ3n) is 2.80. The van der Waals surface area contributed by atoms with E-state index in [9.17, 15) is 14.3 Å². The van der Waals surface area contributed by atoms with E-state index in [1.165, 1.54) is 17.0 Å². The van der Waals surface area contributed by atoms with E-state index in [4.69, 9.17) is 0 Å². The second kappa shape index (κ2) is 3.62. The van der Waals surface area contributed by atoms with E-state index < -0.39 is 6.10 Å². The Morgan fingerprint density at radius 1 is 1.40 bits per heavy atom. The van der Waals surface area contributed by atoms with E-state index in [0.29, 0.717) is 6.42 Å². The summed E-state index contributed by atoms with van der Waals surface area (Å²) in [5.74, 6) is -0.574. The molecule has 1 unspecified atom stereocenters. The SMILES string of the molecule is CN1C(=O)C(O)C[C@@H]1c1ccc(F)cc1. The summed E-state index contributed by atoms with van der Waals surface area (Å²) in [7, 11) is 1.65. The Labute approximate surface area is 87.1 Å². The van der Waals surface area contributed by atoms with Gasteiger partial charge in [-0.2, -0.15) is 0 Å². The van der Waals surface area contributed by atoms with Crippen molar-refractivity contribution in [1.29, 1.82) is 0 Å². The molecule has 0 aliphatic carbocycles. The van der Waals surface area contributed by atoms with Crippen molar-refractivity contribution >= 4 is 5.91 Å². The zero-order valence-electron chi connectivity index (χ0n) is 8.35. The Balaban J connectivity index is 2.25. The van der Waals surface area contributed by atoms with Crippen molar-refractivity contribution in [1.82, 2.24) is 4.90 Å². The van der Waals surface area contributed by atoms with Crippen molar-refractivity contribution in [2.75, 3.05) is 7.05 Å². The number of carbonyl (C=O) groups is 1. The van der Waals surface area contributed by atoms with Crippen LogP contribution in [0.1, 0.15) is 18.0 Å². The highest BCUT2D eigenvalue weighted by atomic mass is 19.1. The molecule has 2 atom stereocenters. The maximum Gasteiger partial charge on any atom is 0.251 e. The summed E-state index contributed by atoms with van der Waals surface area (Å²) >= 11 is 0. The maximum atomic E-state index is 12.7. The highest BCUT2D eigenvalue weighted by Gasteiger charge is 2.36. The van der Waals surface area contributed by atoms with Crippen LogP contribution in [0.3, 0.4) is 0 Å². The number of carbonyl (C=O) groups excluding carboxylic acids is 1. The smallest absolute Gasteiger partial charge is 0.251 e. The second-order valence-corrected chi connectivity index (χ2v) is 3.77. The number of aliphatic hydroxyl groups excluding tert-OH is 1. The van der Waals surface area contributed by atoms with E-state index in [1.54, 1.807) is 19.2 Å². The Morgan fingerprint density at radius 3 is 2.47 bits per heavy atom. The molecule has 1 amide bonds. The van der Waals surface area contributed by atoms with E-state index in [2.05, 4.69) is 0 Å². The first-order valence-electron chi connectivity index (χ1n) is 4.80. The molecule has 1 aromatic carbocycles. The molecule has 0 saturated carbocycles. The van der Waals surface area contributed by atoms with Gasteiger partial charge in [-0.15, -0.1) is 0 Å². The average Bonchev–Trinajstić information content (AvgIpc) is 2.47. The van der Waals surface area contributed by atoms with Gasteiger partial charge in [0.05, 0.1) is 6.04 Å². The molecule has 4 heteroatoms. The van der Waals surface area contributed by atoms with Crippen molar-refractivity contribution in [2.24, 2.45) is 0 Å². The van der Waals surface area contributed by atoms with Crippen LogP contribution in [0, 0.1) is 5.82 Å². The minimum atomic E-state index is -0.926. The fourth-order valence-corrected chi connectivity index (χ4v) is 1.90. The molecule has 15 heavy (non-hydrogen) atoms. The summed E-state index contributed by atoms with van der Waals surface area (Å²) in [5.41, 5.74) is 0.851. The lowest BCUT2D eigenvalue weighted by atomic mass is 10.0. The fraction of sp³-hybridized carbons (Fsp3) is 0.364. The van der Waals surface area contributed by atoms with Gasteiger partial charge in [0.15, 0.2) is 0 Å². The van der Waals surface area contributed by atoms with Crippen LogP contribution in [-0.4, -0.2) is 29.1 Å². The largest absolute Gasteiger partial charge is 0.383 e. The van der Waals surface area contributed by atoms with Crippen LogP contribution in [0.25, 0.3) is 0 Å². The van der Waals surface area contributed by atoms with Gasteiger partial charge in [-0.05, 0) is 17.7 Å². The van der Waals surface area contributed by atoms with Crippen LogP contribution >= 0.6 is 0 Å². The average molecular weight is 209 g/mol. The number of halogens is 1. The third-order valence-corrected chi connectivity index (χ3v) is 2.80.